The molecule has 3 nitrogen and oxygen atoms in total. The smallest absolute Gasteiger partial charge is 0.145 e. The average molecular weight is 266 g/mol. The molecule has 0 fully saturated rings. The summed E-state index contributed by atoms with van der Waals surface area (Å²) in [5, 5.41) is 6.22. The molecule has 0 saturated heterocycles. The Labute approximate surface area is 110 Å². The van der Waals surface area contributed by atoms with Crippen molar-refractivity contribution in [3.8, 4) is 5.75 Å². The highest BCUT2D eigenvalue weighted by molar-refractivity contribution is 7.09. The molecule has 1 aromatic carbocycles. The summed E-state index contributed by atoms with van der Waals surface area (Å²) in [6, 6.07) is 4.48. The van der Waals surface area contributed by atoms with E-state index in [-0.39, 0.29) is 5.82 Å². The Morgan fingerprint density at radius 3 is 2.94 bits per heavy atom. The van der Waals surface area contributed by atoms with Gasteiger partial charge in [-0.15, -0.1) is 11.3 Å². The maximum atomic E-state index is 13.1. The van der Waals surface area contributed by atoms with Gasteiger partial charge in [0.1, 0.15) is 16.6 Å². The number of benzene rings is 1. The lowest BCUT2D eigenvalue weighted by atomic mass is 10.3. The van der Waals surface area contributed by atoms with E-state index in [0.717, 1.165) is 16.4 Å². The second-order valence-corrected chi connectivity index (χ2v) is 4.75. The van der Waals surface area contributed by atoms with Gasteiger partial charge < -0.3 is 10.1 Å². The van der Waals surface area contributed by atoms with Crippen molar-refractivity contribution in [2.75, 3.05) is 11.9 Å². The van der Waals surface area contributed by atoms with Gasteiger partial charge in [-0.25, -0.2) is 9.37 Å². The van der Waals surface area contributed by atoms with Crippen LogP contribution in [0.25, 0.3) is 0 Å². The fraction of sp³-hybridized carbons (Fsp3) is 0.308. The molecule has 0 bridgehead atoms. The molecule has 0 radical (unpaired) electrons. The first-order valence-electron chi connectivity index (χ1n) is 5.76. The van der Waals surface area contributed by atoms with Gasteiger partial charge in [0.05, 0.1) is 18.8 Å². The summed E-state index contributed by atoms with van der Waals surface area (Å²) < 4.78 is 18.5. The van der Waals surface area contributed by atoms with Crippen LogP contribution in [0.15, 0.2) is 23.6 Å². The Morgan fingerprint density at radius 2 is 2.28 bits per heavy atom. The molecule has 18 heavy (non-hydrogen) atoms. The predicted molar refractivity (Wildman–Crippen MR) is 71.7 cm³/mol. The summed E-state index contributed by atoms with van der Waals surface area (Å²) in [6.45, 7) is 4.96. The van der Waals surface area contributed by atoms with Crippen LogP contribution in [0.3, 0.4) is 0 Å². The second-order valence-electron chi connectivity index (χ2n) is 3.81. The molecule has 0 spiro atoms. The van der Waals surface area contributed by atoms with Crippen LogP contribution in [0.4, 0.5) is 10.1 Å². The predicted octanol–water partition coefficient (Wildman–Crippen LogP) is 3.60. The number of nitrogens with one attached hydrogen (secondary N) is 1. The number of rotatable bonds is 5. The quantitative estimate of drug-likeness (QED) is 0.897. The molecule has 0 atom stereocenters. The van der Waals surface area contributed by atoms with Crippen LogP contribution in [0, 0.1) is 12.7 Å². The van der Waals surface area contributed by atoms with Crippen molar-refractivity contribution >= 4 is 17.0 Å². The minimum atomic E-state index is -0.297. The number of thiazole rings is 1. The molecule has 0 saturated carbocycles. The number of hydrogen-bond donors (Lipinski definition) is 1. The van der Waals surface area contributed by atoms with Gasteiger partial charge in [0, 0.05) is 17.1 Å². The van der Waals surface area contributed by atoms with E-state index < -0.39 is 0 Å². The van der Waals surface area contributed by atoms with E-state index in [1.54, 1.807) is 17.4 Å². The van der Waals surface area contributed by atoms with Gasteiger partial charge in [0.15, 0.2) is 0 Å². The third-order valence-corrected chi connectivity index (χ3v) is 3.31. The fourth-order valence-electron chi connectivity index (χ4n) is 1.57. The molecule has 0 amide bonds. The molecule has 0 aliphatic carbocycles. The van der Waals surface area contributed by atoms with E-state index in [4.69, 9.17) is 4.74 Å². The molecule has 1 heterocycles. The lowest BCUT2D eigenvalue weighted by molar-refractivity contribution is 0.340. The number of aryl methyl sites for hydroxylation is 1. The first-order chi connectivity index (χ1) is 8.69. The lowest BCUT2D eigenvalue weighted by Crippen LogP contribution is -2.03. The molecule has 1 N–H and O–H groups in total. The number of hydrogen-bond acceptors (Lipinski definition) is 4. The lowest BCUT2D eigenvalue weighted by Gasteiger charge is -2.11. The summed E-state index contributed by atoms with van der Waals surface area (Å²) in [5.74, 6) is 0.236. The van der Waals surface area contributed by atoms with Crippen molar-refractivity contribution in [2.24, 2.45) is 0 Å². The molecule has 1 aromatic heterocycles. The summed E-state index contributed by atoms with van der Waals surface area (Å²) in [5.41, 5.74) is 1.80. The molecule has 5 heteroatoms. The maximum absolute atomic E-state index is 13.1. The molecular weight excluding hydrogens is 251 g/mol. The highest BCUT2D eigenvalue weighted by atomic mass is 32.1. The van der Waals surface area contributed by atoms with Gasteiger partial charge in [0.2, 0.25) is 0 Å². The van der Waals surface area contributed by atoms with Gasteiger partial charge in [-0.1, -0.05) is 0 Å². The number of ether oxygens (including phenoxy) is 1. The van der Waals surface area contributed by atoms with Crippen LogP contribution in [0.2, 0.25) is 0 Å². The Hall–Kier alpha value is -1.62. The standard InChI is InChI=1S/C13H15FN2OS/c1-3-17-12-6-10(14)4-5-11(12)15-7-13-16-9(2)8-18-13/h4-6,8,15H,3,7H2,1-2H3. The highest BCUT2D eigenvalue weighted by Crippen LogP contribution is 2.26. The largest absolute Gasteiger partial charge is 0.492 e. The van der Waals surface area contributed by atoms with Crippen LogP contribution in [0.1, 0.15) is 17.6 Å². The second kappa shape index (κ2) is 5.82. The average Bonchev–Trinajstić information content (AvgIpc) is 2.75. The number of anilines is 1. The van der Waals surface area contributed by atoms with Crippen molar-refractivity contribution < 1.29 is 9.13 Å². The minimum absolute atomic E-state index is 0.297. The van der Waals surface area contributed by atoms with Crippen LogP contribution in [0.5, 0.6) is 5.75 Å². The zero-order chi connectivity index (χ0) is 13.0. The first kappa shape index (κ1) is 12.8. The fourth-order valence-corrected chi connectivity index (χ4v) is 2.28. The van der Waals surface area contributed by atoms with Crippen molar-refractivity contribution in [3.05, 3.63) is 40.1 Å². The van der Waals surface area contributed by atoms with E-state index in [1.807, 2.05) is 19.2 Å². The molecule has 0 unspecified atom stereocenters. The van der Waals surface area contributed by atoms with Crippen LogP contribution in [-0.2, 0) is 6.54 Å². The van der Waals surface area contributed by atoms with Crippen LogP contribution < -0.4 is 10.1 Å². The zero-order valence-corrected chi connectivity index (χ0v) is 11.2. The van der Waals surface area contributed by atoms with Gasteiger partial charge >= 0.3 is 0 Å². The normalized spacial score (nSPS) is 10.4. The van der Waals surface area contributed by atoms with Crippen molar-refractivity contribution in [1.82, 2.24) is 4.98 Å². The van der Waals surface area contributed by atoms with E-state index in [2.05, 4.69) is 10.3 Å². The number of nitrogens with zero attached hydrogens (tertiary/aromatic N) is 1. The third kappa shape index (κ3) is 3.20. The molecule has 2 aromatic rings. The summed E-state index contributed by atoms with van der Waals surface area (Å²) in [6.07, 6.45) is 0. The Balaban J connectivity index is 2.08. The van der Waals surface area contributed by atoms with Crippen LogP contribution in [-0.4, -0.2) is 11.6 Å². The van der Waals surface area contributed by atoms with E-state index in [0.29, 0.717) is 18.9 Å². The SMILES string of the molecule is CCOc1cc(F)ccc1NCc1nc(C)cs1. The van der Waals surface area contributed by atoms with Crippen molar-refractivity contribution in [2.45, 2.75) is 20.4 Å². The van der Waals surface area contributed by atoms with E-state index >= 15 is 0 Å². The Morgan fingerprint density at radius 1 is 1.44 bits per heavy atom. The minimum Gasteiger partial charge on any atom is -0.492 e. The number of aromatic nitrogens is 1. The van der Waals surface area contributed by atoms with Gasteiger partial charge in [-0.3, -0.25) is 0 Å². The maximum Gasteiger partial charge on any atom is 0.145 e. The van der Waals surface area contributed by atoms with Crippen molar-refractivity contribution in [1.29, 1.82) is 0 Å². The summed E-state index contributed by atoms with van der Waals surface area (Å²) >= 11 is 1.60. The molecule has 0 aliphatic rings. The topological polar surface area (TPSA) is 34.1 Å². The highest BCUT2D eigenvalue weighted by Gasteiger charge is 2.06. The number of halogens is 1. The zero-order valence-electron chi connectivity index (χ0n) is 10.4. The summed E-state index contributed by atoms with van der Waals surface area (Å²) in [7, 11) is 0. The summed E-state index contributed by atoms with van der Waals surface area (Å²) in [4.78, 5) is 4.36. The molecule has 96 valence electrons. The molecule has 0 aliphatic heterocycles. The van der Waals surface area contributed by atoms with Gasteiger partial charge in [-0.2, -0.15) is 0 Å². The molecule has 2 rings (SSSR count). The molecular formula is C13H15FN2OS. The van der Waals surface area contributed by atoms with E-state index in [9.17, 15) is 4.39 Å². The Bertz CT molecular complexity index is 527. The van der Waals surface area contributed by atoms with Gasteiger partial charge in [0.25, 0.3) is 0 Å². The first-order valence-corrected chi connectivity index (χ1v) is 6.64. The van der Waals surface area contributed by atoms with Crippen molar-refractivity contribution in [3.63, 3.8) is 0 Å². The third-order valence-electron chi connectivity index (χ3n) is 2.34. The van der Waals surface area contributed by atoms with E-state index in [1.165, 1.54) is 12.1 Å². The van der Waals surface area contributed by atoms with Gasteiger partial charge in [-0.05, 0) is 26.0 Å². The Kier molecular flexibility index (Phi) is 4.15. The monoisotopic (exact) mass is 266 g/mol. The van der Waals surface area contributed by atoms with Crippen LogP contribution >= 0.6 is 11.3 Å².